The Morgan fingerprint density at radius 3 is 2.42 bits per heavy atom. The van der Waals surface area contributed by atoms with Crippen LogP contribution in [0.25, 0.3) is 0 Å². The quantitative estimate of drug-likeness (QED) is 0.668. The van der Waals surface area contributed by atoms with Gasteiger partial charge in [0.25, 0.3) is 0 Å². The van der Waals surface area contributed by atoms with Gasteiger partial charge in [0.05, 0.1) is 7.11 Å². The first-order chi connectivity index (χ1) is 11.8. The summed E-state index contributed by atoms with van der Waals surface area (Å²) in [6.45, 7) is 0. The number of carbonyl (C=O) groups excluding carboxylic acids is 1. The SMILES string of the molecule is COC(=O)[C@@H](N[C@@H]1CCC=C[C@H]1c1ccccc1)c1ccccc1. The lowest BCUT2D eigenvalue weighted by molar-refractivity contribution is -0.143. The summed E-state index contributed by atoms with van der Waals surface area (Å²) in [7, 11) is 1.44. The number of carbonyl (C=O) groups is 1. The van der Waals surface area contributed by atoms with Crippen molar-refractivity contribution in [3.63, 3.8) is 0 Å². The van der Waals surface area contributed by atoms with E-state index in [1.807, 2.05) is 36.4 Å². The Kier molecular flexibility index (Phi) is 5.44. The first kappa shape index (κ1) is 16.5. The van der Waals surface area contributed by atoms with Gasteiger partial charge < -0.3 is 4.74 Å². The first-order valence-electron chi connectivity index (χ1n) is 8.40. The highest BCUT2D eigenvalue weighted by molar-refractivity contribution is 5.77. The van der Waals surface area contributed by atoms with Gasteiger partial charge in [-0.1, -0.05) is 72.8 Å². The van der Waals surface area contributed by atoms with E-state index in [2.05, 4.69) is 41.7 Å². The van der Waals surface area contributed by atoms with Crippen LogP contribution in [0.4, 0.5) is 0 Å². The van der Waals surface area contributed by atoms with Gasteiger partial charge in [-0.25, -0.2) is 4.79 Å². The van der Waals surface area contributed by atoms with Crippen LogP contribution in [-0.2, 0) is 9.53 Å². The molecule has 2 aromatic carbocycles. The molecule has 0 radical (unpaired) electrons. The average Bonchev–Trinajstić information content (AvgIpc) is 2.67. The van der Waals surface area contributed by atoms with Gasteiger partial charge in [-0.05, 0) is 24.0 Å². The molecular weight excluding hydrogens is 298 g/mol. The molecule has 2 aromatic rings. The Hall–Kier alpha value is -2.39. The van der Waals surface area contributed by atoms with Crippen LogP contribution < -0.4 is 5.32 Å². The summed E-state index contributed by atoms with van der Waals surface area (Å²) in [5.41, 5.74) is 2.20. The molecule has 3 atom stereocenters. The number of nitrogens with one attached hydrogen (secondary N) is 1. The van der Waals surface area contributed by atoms with E-state index in [9.17, 15) is 4.79 Å². The van der Waals surface area contributed by atoms with Crippen molar-refractivity contribution in [2.24, 2.45) is 0 Å². The van der Waals surface area contributed by atoms with Gasteiger partial charge in [0.15, 0.2) is 0 Å². The summed E-state index contributed by atoms with van der Waals surface area (Å²) in [6, 6.07) is 20.0. The van der Waals surface area contributed by atoms with Gasteiger partial charge in [-0.2, -0.15) is 0 Å². The number of benzene rings is 2. The zero-order valence-electron chi connectivity index (χ0n) is 13.9. The van der Waals surface area contributed by atoms with Crippen LogP contribution in [0.2, 0.25) is 0 Å². The molecule has 3 nitrogen and oxygen atoms in total. The van der Waals surface area contributed by atoms with Gasteiger partial charge >= 0.3 is 5.97 Å². The van der Waals surface area contributed by atoms with Crippen LogP contribution in [0.15, 0.2) is 72.8 Å². The summed E-state index contributed by atoms with van der Waals surface area (Å²) in [5, 5.41) is 3.55. The van der Waals surface area contributed by atoms with Crippen molar-refractivity contribution >= 4 is 5.97 Å². The summed E-state index contributed by atoms with van der Waals surface area (Å²) in [5.74, 6) is 0.0124. The molecule has 0 saturated heterocycles. The molecular formula is C21H23NO2. The molecule has 3 heteroatoms. The summed E-state index contributed by atoms with van der Waals surface area (Å²) >= 11 is 0. The highest BCUT2D eigenvalue weighted by Gasteiger charge is 2.29. The van der Waals surface area contributed by atoms with E-state index in [-0.39, 0.29) is 17.9 Å². The Morgan fingerprint density at radius 1 is 1.08 bits per heavy atom. The van der Waals surface area contributed by atoms with Gasteiger partial charge in [0.2, 0.25) is 0 Å². The average molecular weight is 321 g/mol. The van der Waals surface area contributed by atoms with Crippen molar-refractivity contribution < 1.29 is 9.53 Å². The van der Waals surface area contributed by atoms with E-state index in [0.717, 1.165) is 18.4 Å². The number of ether oxygens (including phenoxy) is 1. The zero-order valence-corrected chi connectivity index (χ0v) is 13.9. The summed E-state index contributed by atoms with van der Waals surface area (Å²) in [6.07, 6.45) is 6.49. The van der Waals surface area contributed by atoms with Crippen LogP contribution in [0.3, 0.4) is 0 Å². The van der Waals surface area contributed by atoms with Crippen molar-refractivity contribution in [2.45, 2.75) is 30.8 Å². The Balaban J connectivity index is 1.85. The van der Waals surface area contributed by atoms with Crippen molar-refractivity contribution in [2.75, 3.05) is 7.11 Å². The van der Waals surface area contributed by atoms with Crippen molar-refractivity contribution in [1.29, 1.82) is 0 Å². The molecule has 24 heavy (non-hydrogen) atoms. The van der Waals surface area contributed by atoms with Crippen LogP contribution >= 0.6 is 0 Å². The zero-order chi connectivity index (χ0) is 16.8. The molecule has 0 unspecified atom stereocenters. The van der Waals surface area contributed by atoms with Gasteiger partial charge in [-0.3, -0.25) is 5.32 Å². The number of rotatable bonds is 5. The lowest BCUT2D eigenvalue weighted by Gasteiger charge is -2.32. The minimum Gasteiger partial charge on any atom is -0.468 e. The molecule has 1 aliphatic rings. The second-order valence-corrected chi connectivity index (χ2v) is 6.08. The van der Waals surface area contributed by atoms with E-state index in [1.165, 1.54) is 12.7 Å². The molecule has 0 fully saturated rings. The number of methoxy groups -OCH3 is 1. The van der Waals surface area contributed by atoms with Gasteiger partial charge in [-0.15, -0.1) is 0 Å². The molecule has 124 valence electrons. The second kappa shape index (κ2) is 7.93. The Labute approximate surface area is 143 Å². The Morgan fingerprint density at radius 2 is 1.75 bits per heavy atom. The Bertz CT molecular complexity index is 681. The second-order valence-electron chi connectivity index (χ2n) is 6.08. The van der Waals surface area contributed by atoms with E-state index in [1.54, 1.807) is 0 Å². The van der Waals surface area contributed by atoms with Gasteiger partial charge in [0.1, 0.15) is 6.04 Å². The molecule has 0 bridgehead atoms. The maximum Gasteiger partial charge on any atom is 0.327 e. The van der Waals surface area contributed by atoms with Crippen LogP contribution in [0, 0.1) is 0 Å². The fraction of sp³-hybridized carbons (Fsp3) is 0.286. The van der Waals surface area contributed by atoms with Crippen molar-refractivity contribution in [3.05, 3.63) is 83.9 Å². The van der Waals surface area contributed by atoms with E-state index in [0.29, 0.717) is 0 Å². The normalized spacial score (nSPS) is 21.2. The van der Waals surface area contributed by atoms with Crippen molar-refractivity contribution in [1.82, 2.24) is 5.32 Å². The minimum absolute atomic E-state index is 0.196. The molecule has 0 aliphatic heterocycles. The maximum atomic E-state index is 12.3. The fourth-order valence-electron chi connectivity index (χ4n) is 3.32. The number of hydrogen-bond acceptors (Lipinski definition) is 3. The predicted molar refractivity (Wildman–Crippen MR) is 95.7 cm³/mol. The molecule has 0 aromatic heterocycles. The third-order valence-corrected chi connectivity index (χ3v) is 4.56. The number of allylic oxidation sites excluding steroid dienone is 1. The lowest BCUT2D eigenvalue weighted by Crippen LogP contribution is -2.41. The lowest BCUT2D eigenvalue weighted by atomic mass is 9.84. The molecule has 0 spiro atoms. The molecule has 1 aliphatic carbocycles. The van der Waals surface area contributed by atoms with Crippen LogP contribution in [0.5, 0.6) is 0 Å². The standard InChI is InChI=1S/C21H23NO2/c1-24-21(23)20(17-12-6-3-7-13-17)22-19-15-9-8-14-18(19)16-10-4-2-5-11-16/h2-8,10-14,18-20,22H,9,15H2,1H3/t18-,19+,20-/m0/s1. The van der Waals surface area contributed by atoms with Crippen LogP contribution in [-0.4, -0.2) is 19.1 Å². The third-order valence-electron chi connectivity index (χ3n) is 4.56. The van der Waals surface area contributed by atoms with Crippen LogP contribution in [0.1, 0.15) is 35.9 Å². The molecule has 0 heterocycles. The first-order valence-corrected chi connectivity index (χ1v) is 8.40. The largest absolute Gasteiger partial charge is 0.468 e. The predicted octanol–water partition coefficient (Wildman–Crippen LogP) is 3.99. The topological polar surface area (TPSA) is 38.3 Å². The number of esters is 1. The third kappa shape index (κ3) is 3.74. The number of hydrogen-bond donors (Lipinski definition) is 1. The molecule has 0 amide bonds. The highest BCUT2D eigenvalue weighted by Crippen LogP contribution is 2.30. The maximum absolute atomic E-state index is 12.3. The summed E-state index contributed by atoms with van der Waals surface area (Å²) in [4.78, 5) is 12.3. The smallest absolute Gasteiger partial charge is 0.327 e. The molecule has 1 N–H and O–H groups in total. The fourth-order valence-corrected chi connectivity index (χ4v) is 3.32. The van der Waals surface area contributed by atoms with E-state index < -0.39 is 6.04 Å². The molecule has 0 saturated carbocycles. The van der Waals surface area contributed by atoms with Gasteiger partial charge in [0, 0.05) is 12.0 Å². The highest BCUT2D eigenvalue weighted by atomic mass is 16.5. The van der Waals surface area contributed by atoms with Crippen molar-refractivity contribution in [3.8, 4) is 0 Å². The minimum atomic E-state index is -0.445. The molecule has 3 rings (SSSR count). The summed E-state index contributed by atoms with van der Waals surface area (Å²) < 4.78 is 5.03. The van der Waals surface area contributed by atoms with E-state index in [4.69, 9.17) is 4.74 Å². The van der Waals surface area contributed by atoms with E-state index >= 15 is 0 Å². The monoisotopic (exact) mass is 321 g/mol.